The number of hydrogen-bond acceptors (Lipinski definition) is 8. The highest BCUT2D eigenvalue weighted by Gasteiger charge is 2.17. The number of halogens is 1. The van der Waals surface area contributed by atoms with Crippen molar-refractivity contribution in [3.05, 3.63) is 98.8 Å². The average Bonchev–Trinajstić information content (AvgIpc) is 3.47. The molecule has 0 bridgehead atoms. The van der Waals surface area contributed by atoms with Crippen LogP contribution >= 0.6 is 50.8 Å². The van der Waals surface area contributed by atoms with Crippen molar-refractivity contribution in [1.29, 1.82) is 0 Å². The fourth-order valence-corrected chi connectivity index (χ4v) is 6.51. The molecule has 0 saturated carbocycles. The Hall–Kier alpha value is -2.99. The maximum atomic E-state index is 11.7. The van der Waals surface area contributed by atoms with Crippen LogP contribution in [0.1, 0.15) is 11.1 Å². The lowest BCUT2D eigenvalue weighted by Crippen LogP contribution is -1.95. The van der Waals surface area contributed by atoms with E-state index in [1.54, 1.807) is 47.8 Å². The minimum Gasteiger partial charge on any atom is -0.329 e. The Bertz CT molecular complexity index is 1580. The third-order valence-corrected chi connectivity index (χ3v) is 9.05. The van der Waals surface area contributed by atoms with Crippen LogP contribution in [0.4, 0.5) is 11.4 Å². The second-order valence-electron chi connectivity index (χ2n) is 7.71. The van der Waals surface area contributed by atoms with Gasteiger partial charge in [0.25, 0.3) is 5.69 Å². The quantitative estimate of drug-likeness (QED) is 0.0784. The third kappa shape index (κ3) is 5.86. The van der Waals surface area contributed by atoms with E-state index in [1.165, 1.54) is 23.4 Å². The number of thioether (sulfide) groups is 1. The molecule has 0 spiro atoms. The molecule has 2 aromatic heterocycles. The van der Waals surface area contributed by atoms with E-state index < -0.39 is 0 Å². The number of nitro benzene ring substituents is 1. The SMILES string of the molecule is Cn1ccnc1Sc1ccc(C=Nc2ccc3nc(SCc4ccc(Br)cc4)sc3c2)cc1[N+](=O)[O-]. The Morgan fingerprint density at radius 3 is 2.75 bits per heavy atom. The van der Waals surface area contributed by atoms with Gasteiger partial charge in [-0.1, -0.05) is 45.9 Å². The van der Waals surface area contributed by atoms with Crippen LogP contribution in [-0.2, 0) is 12.8 Å². The zero-order valence-corrected chi connectivity index (χ0v) is 22.9. The van der Waals surface area contributed by atoms with E-state index in [9.17, 15) is 10.1 Å². The van der Waals surface area contributed by atoms with Crippen LogP contribution in [0, 0.1) is 10.1 Å². The second kappa shape index (κ2) is 11.0. The van der Waals surface area contributed by atoms with E-state index in [2.05, 4.69) is 38.0 Å². The number of aliphatic imine (C=N–C) groups is 1. The molecule has 0 aliphatic carbocycles. The molecular formula is C25H18BrN5O2S3. The van der Waals surface area contributed by atoms with Gasteiger partial charge < -0.3 is 4.57 Å². The van der Waals surface area contributed by atoms with Crippen molar-refractivity contribution in [2.75, 3.05) is 0 Å². The molecule has 2 heterocycles. The first-order valence-corrected chi connectivity index (χ1v) is 14.1. The van der Waals surface area contributed by atoms with Crippen molar-refractivity contribution in [2.45, 2.75) is 20.1 Å². The molecule has 0 N–H and O–H groups in total. The first-order chi connectivity index (χ1) is 17.4. The number of nitrogens with zero attached hydrogens (tertiary/aromatic N) is 5. The monoisotopic (exact) mass is 595 g/mol. The van der Waals surface area contributed by atoms with Crippen molar-refractivity contribution < 1.29 is 4.92 Å². The number of imidazole rings is 1. The third-order valence-electron chi connectivity index (χ3n) is 5.15. The Kier molecular flexibility index (Phi) is 7.51. The summed E-state index contributed by atoms with van der Waals surface area (Å²) >= 11 is 8.07. The zero-order valence-electron chi connectivity index (χ0n) is 18.9. The van der Waals surface area contributed by atoms with E-state index in [0.29, 0.717) is 15.6 Å². The molecule has 5 aromatic rings. The van der Waals surface area contributed by atoms with Crippen molar-refractivity contribution in [3.63, 3.8) is 0 Å². The summed E-state index contributed by atoms with van der Waals surface area (Å²) in [4.78, 5) is 25.3. The molecule has 0 amide bonds. The van der Waals surface area contributed by atoms with Gasteiger partial charge in [-0.15, -0.1) is 11.3 Å². The van der Waals surface area contributed by atoms with E-state index >= 15 is 0 Å². The van der Waals surface area contributed by atoms with Gasteiger partial charge in [-0.2, -0.15) is 0 Å². The minimum absolute atomic E-state index is 0.0253. The van der Waals surface area contributed by atoms with Gasteiger partial charge in [0.2, 0.25) is 0 Å². The van der Waals surface area contributed by atoms with E-state index in [1.807, 2.05) is 48.0 Å². The lowest BCUT2D eigenvalue weighted by molar-refractivity contribution is -0.387. The minimum atomic E-state index is -0.376. The summed E-state index contributed by atoms with van der Waals surface area (Å²) < 4.78 is 4.95. The largest absolute Gasteiger partial charge is 0.329 e. The van der Waals surface area contributed by atoms with Crippen LogP contribution in [0.5, 0.6) is 0 Å². The van der Waals surface area contributed by atoms with Crippen molar-refractivity contribution in [1.82, 2.24) is 14.5 Å². The number of aromatic nitrogens is 3. The van der Waals surface area contributed by atoms with Gasteiger partial charge >= 0.3 is 0 Å². The molecular weight excluding hydrogens is 578 g/mol. The zero-order chi connectivity index (χ0) is 25.1. The summed E-state index contributed by atoms with van der Waals surface area (Å²) in [6.45, 7) is 0. The molecule has 0 unspecified atom stereocenters. The molecule has 0 saturated heterocycles. The molecule has 36 heavy (non-hydrogen) atoms. The smallest absolute Gasteiger partial charge is 0.283 e. The molecule has 0 fully saturated rings. The second-order valence-corrected chi connectivity index (χ2v) is 11.9. The number of hydrogen-bond donors (Lipinski definition) is 0. The first kappa shape index (κ1) is 24.7. The van der Waals surface area contributed by atoms with Crippen LogP contribution in [-0.4, -0.2) is 25.7 Å². The number of fused-ring (bicyclic) bond motifs is 1. The predicted octanol–water partition coefficient (Wildman–Crippen LogP) is 7.89. The van der Waals surface area contributed by atoms with Crippen LogP contribution in [0.2, 0.25) is 0 Å². The van der Waals surface area contributed by atoms with Crippen molar-refractivity contribution >= 4 is 78.6 Å². The molecule has 3 aromatic carbocycles. The van der Waals surface area contributed by atoms with Gasteiger partial charge in [-0.3, -0.25) is 15.1 Å². The molecule has 11 heteroatoms. The molecule has 0 aliphatic heterocycles. The highest BCUT2D eigenvalue weighted by atomic mass is 79.9. The van der Waals surface area contributed by atoms with E-state index in [-0.39, 0.29) is 10.6 Å². The number of aryl methyl sites for hydroxylation is 1. The van der Waals surface area contributed by atoms with Gasteiger partial charge in [0.15, 0.2) is 9.50 Å². The van der Waals surface area contributed by atoms with Crippen molar-refractivity contribution in [3.8, 4) is 0 Å². The van der Waals surface area contributed by atoms with Crippen molar-refractivity contribution in [2.24, 2.45) is 12.0 Å². The Morgan fingerprint density at radius 2 is 2.00 bits per heavy atom. The summed E-state index contributed by atoms with van der Waals surface area (Å²) in [5.74, 6) is 0.852. The standard InChI is InChI=1S/C25H18BrN5O2S3/c1-30-11-10-27-24(30)35-22-9-4-17(12-21(22)31(32)33)14-28-19-7-8-20-23(13-19)36-25(29-20)34-15-16-2-5-18(26)6-3-16/h2-14H,15H2,1H3. The van der Waals surface area contributed by atoms with E-state index in [4.69, 9.17) is 4.98 Å². The first-order valence-electron chi connectivity index (χ1n) is 10.7. The topological polar surface area (TPSA) is 86.2 Å². The number of benzene rings is 3. The van der Waals surface area contributed by atoms with Crippen LogP contribution < -0.4 is 0 Å². The number of rotatable bonds is 8. The van der Waals surface area contributed by atoms with Crippen LogP contribution in [0.25, 0.3) is 10.2 Å². The molecule has 180 valence electrons. The van der Waals surface area contributed by atoms with E-state index in [0.717, 1.165) is 30.5 Å². The van der Waals surface area contributed by atoms with Crippen LogP contribution in [0.3, 0.4) is 0 Å². The highest BCUT2D eigenvalue weighted by Crippen LogP contribution is 2.35. The maximum absolute atomic E-state index is 11.7. The highest BCUT2D eigenvalue weighted by molar-refractivity contribution is 9.10. The van der Waals surface area contributed by atoms with Gasteiger partial charge in [-0.05, 0) is 59.3 Å². The summed E-state index contributed by atoms with van der Waals surface area (Å²) in [7, 11) is 1.85. The fourth-order valence-electron chi connectivity index (χ4n) is 3.30. The molecule has 0 atom stereocenters. The maximum Gasteiger partial charge on any atom is 0.283 e. The van der Waals surface area contributed by atoms with Gasteiger partial charge in [0, 0.05) is 41.9 Å². The lowest BCUT2D eigenvalue weighted by Gasteiger charge is -2.04. The van der Waals surface area contributed by atoms with Crippen LogP contribution in [0.15, 0.2) is 96.9 Å². The molecule has 7 nitrogen and oxygen atoms in total. The normalized spacial score (nSPS) is 11.5. The summed E-state index contributed by atoms with van der Waals surface area (Å²) in [6.07, 6.45) is 5.12. The summed E-state index contributed by atoms with van der Waals surface area (Å²) in [5.41, 5.74) is 3.62. The average molecular weight is 597 g/mol. The lowest BCUT2D eigenvalue weighted by atomic mass is 10.2. The Morgan fingerprint density at radius 1 is 1.17 bits per heavy atom. The molecule has 5 rings (SSSR count). The molecule has 0 aliphatic rings. The summed E-state index contributed by atoms with van der Waals surface area (Å²) in [6, 6.07) is 19.2. The Labute approximate surface area is 228 Å². The number of thiazole rings is 1. The summed E-state index contributed by atoms with van der Waals surface area (Å²) in [5, 5.41) is 12.4. The fraction of sp³-hybridized carbons (Fsp3) is 0.0800. The van der Waals surface area contributed by atoms with Gasteiger partial charge in [0.1, 0.15) is 0 Å². The molecule has 0 radical (unpaired) electrons. The predicted molar refractivity (Wildman–Crippen MR) is 151 cm³/mol. The number of nitro groups is 1. The Balaban J connectivity index is 1.31. The van der Waals surface area contributed by atoms with Gasteiger partial charge in [0.05, 0.1) is 25.7 Å². The van der Waals surface area contributed by atoms with Gasteiger partial charge in [-0.25, -0.2) is 9.97 Å².